The summed E-state index contributed by atoms with van der Waals surface area (Å²) < 4.78 is 40.0. The molecule has 0 spiro atoms. The molecule has 1 saturated carbocycles. The van der Waals surface area contributed by atoms with Gasteiger partial charge in [0.1, 0.15) is 5.56 Å². The maximum Gasteiger partial charge on any atom is 0.421 e. The van der Waals surface area contributed by atoms with Gasteiger partial charge in [-0.3, -0.25) is 4.79 Å². The van der Waals surface area contributed by atoms with Crippen molar-refractivity contribution in [2.45, 2.75) is 31.5 Å². The van der Waals surface area contributed by atoms with Crippen molar-refractivity contribution in [1.29, 1.82) is 0 Å². The molecule has 1 aliphatic rings. The average Bonchev–Trinajstić information content (AvgIpc) is 3.28. The fourth-order valence-electron chi connectivity index (χ4n) is 2.26. The normalized spacial score (nSPS) is 15.0. The Kier molecular flexibility index (Phi) is 4.14. The molecule has 23 heavy (non-hydrogen) atoms. The summed E-state index contributed by atoms with van der Waals surface area (Å²) in [6, 6.07) is 5.50. The van der Waals surface area contributed by atoms with Crippen LogP contribution in [-0.4, -0.2) is 9.78 Å². The monoisotopic (exact) mass is 362 g/mol. The Morgan fingerprint density at radius 3 is 2.43 bits per heavy atom. The van der Waals surface area contributed by atoms with E-state index in [1.807, 2.05) is 0 Å². The van der Waals surface area contributed by atoms with E-state index >= 15 is 0 Å². The third kappa shape index (κ3) is 3.53. The molecule has 1 aliphatic carbocycles. The second kappa shape index (κ2) is 5.83. The summed E-state index contributed by atoms with van der Waals surface area (Å²) in [5.74, 6) is -0.00300. The van der Waals surface area contributed by atoms with Crippen molar-refractivity contribution >= 4 is 23.2 Å². The summed E-state index contributed by atoms with van der Waals surface area (Å²) in [6.45, 7) is -0.0979. The third-order valence-corrected chi connectivity index (χ3v) is 4.35. The molecule has 1 fully saturated rings. The Morgan fingerprint density at radius 1 is 1.17 bits per heavy atom. The quantitative estimate of drug-likeness (QED) is 0.805. The predicted octanol–water partition coefficient (Wildman–Crippen LogP) is 4.49. The number of alkyl halides is 3. The number of hydrogen-bond donors (Lipinski definition) is 0. The van der Waals surface area contributed by atoms with Crippen LogP contribution in [0.25, 0.3) is 0 Å². The molecule has 3 rings (SSSR count). The summed E-state index contributed by atoms with van der Waals surface area (Å²) >= 11 is 11.7. The molecule has 0 radical (unpaired) electrons. The number of rotatable bonds is 3. The van der Waals surface area contributed by atoms with Gasteiger partial charge in [-0.25, -0.2) is 4.68 Å². The maximum atomic E-state index is 13.1. The van der Waals surface area contributed by atoms with Crippen LogP contribution in [0.15, 0.2) is 29.1 Å². The van der Waals surface area contributed by atoms with Crippen molar-refractivity contribution in [1.82, 2.24) is 9.78 Å². The summed E-state index contributed by atoms with van der Waals surface area (Å²) in [6.07, 6.45) is -3.13. The molecule has 0 amide bonds. The summed E-state index contributed by atoms with van der Waals surface area (Å²) in [7, 11) is 0. The van der Waals surface area contributed by atoms with Gasteiger partial charge < -0.3 is 0 Å². The Hall–Kier alpha value is -1.53. The van der Waals surface area contributed by atoms with E-state index in [0.29, 0.717) is 16.3 Å². The second-order valence-electron chi connectivity index (χ2n) is 5.47. The first-order valence-electron chi connectivity index (χ1n) is 6.89. The highest BCUT2D eigenvalue weighted by atomic mass is 35.5. The molecule has 1 aromatic carbocycles. The van der Waals surface area contributed by atoms with Gasteiger partial charge in [0.05, 0.1) is 22.3 Å². The van der Waals surface area contributed by atoms with E-state index in [2.05, 4.69) is 5.10 Å². The molecule has 0 unspecified atom stereocenters. The van der Waals surface area contributed by atoms with Gasteiger partial charge in [0.15, 0.2) is 0 Å². The molecule has 0 aliphatic heterocycles. The summed E-state index contributed by atoms with van der Waals surface area (Å²) in [4.78, 5) is 12.1. The molecule has 0 N–H and O–H groups in total. The van der Waals surface area contributed by atoms with Crippen LogP contribution < -0.4 is 5.56 Å². The van der Waals surface area contributed by atoms with Gasteiger partial charge in [-0.15, -0.1) is 0 Å². The molecule has 0 saturated heterocycles. The van der Waals surface area contributed by atoms with E-state index in [9.17, 15) is 18.0 Å². The Labute approximate surface area is 139 Å². The largest absolute Gasteiger partial charge is 0.421 e. The van der Waals surface area contributed by atoms with Crippen molar-refractivity contribution in [3.05, 3.63) is 61.5 Å². The number of halogens is 5. The molecule has 2 aromatic rings. The van der Waals surface area contributed by atoms with Gasteiger partial charge in [-0.05, 0) is 36.6 Å². The molecule has 1 heterocycles. The van der Waals surface area contributed by atoms with Crippen molar-refractivity contribution < 1.29 is 13.2 Å². The standard InChI is InChI=1S/C15H11Cl2F3N2O/c16-11-4-1-8(5-12(11)17)7-22-14(23)10(15(18,19)20)6-13(21-22)9-2-3-9/h1,4-6,9H,2-3,7H2. The highest BCUT2D eigenvalue weighted by Gasteiger charge is 2.37. The van der Waals surface area contributed by atoms with Crippen molar-refractivity contribution in [3.63, 3.8) is 0 Å². The van der Waals surface area contributed by atoms with Crippen LogP contribution in [0, 0.1) is 0 Å². The lowest BCUT2D eigenvalue weighted by molar-refractivity contribution is -0.139. The maximum absolute atomic E-state index is 13.1. The van der Waals surface area contributed by atoms with Crippen molar-refractivity contribution in [2.75, 3.05) is 0 Å². The van der Waals surface area contributed by atoms with E-state index in [0.717, 1.165) is 23.6 Å². The minimum atomic E-state index is -4.71. The SMILES string of the molecule is O=c1c(C(F)(F)F)cc(C2CC2)nn1Cc1ccc(Cl)c(Cl)c1. The Balaban J connectivity index is 2.05. The molecular formula is C15H11Cl2F3N2O. The zero-order valence-corrected chi connectivity index (χ0v) is 13.2. The van der Waals surface area contributed by atoms with Crippen LogP contribution in [0.4, 0.5) is 13.2 Å². The minimum Gasteiger partial charge on any atom is -0.267 e. The molecule has 8 heteroatoms. The van der Waals surface area contributed by atoms with Gasteiger partial charge in [-0.2, -0.15) is 18.3 Å². The van der Waals surface area contributed by atoms with Crippen LogP contribution in [-0.2, 0) is 12.7 Å². The summed E-state index contributed by atoms with van der Waals surface area (Å²) in [5.41, 5.74) is -1.49. The number of hydrogen-bond acceptors (Lipinski definition) is 2. The molecule has 0 atom stereocenters. The van der Waals surface area contributed by atoms with Crippen LogP contribution in [0.5, 0.6) is 0 Å². The van der Waals surface area contributed by atoms with Crippen molar-refractivity contribution in [2.24, 2.45) is 0 Å². The average molecular weight is 363 g/mol. The molecule has 0 bridgehead atoms. The minimum absolute atomic E-state index is 0.00300. The lowest BCUT2D eigenvalue weighted by atomic mass is 10.2. The predicted molar refractivity (Wildman–Crippen MR) is 81.0 cm³/mol. The smallest absolute Gasteiger partial charge is 0.267 e. The van der Waals surface area contributed by atoms with Crippen LogP contribution in [0.2, 0.25) is 10.0 Å². The van der Waals surface area contributed by atoms with E-state index in [4.69, 9.17) is 23.2 Å². The first kappa shape index (κ1) is 16.3. The van der Waals surface area contributed by atoms with Gasteiger partial charge in [0.2, 0.25) is 0 Å². The first-order valence-corrected chi connectivity index (χ1v) is 7.64. The van der Waals surface area contributed by atoms with E-state index in [1.54, 1.807) is 6.07 Å². The fourth-order valence-corrected chi connectivity index (χ4v) is 2.58. The van der Waals surface area contributed by atoms with E-state index in [-0.39, 0.29) is 17.5 Å². The van der Waals surface area contributed by atoms with E-state index < -0.39 is 17.3 Å². The topological polar surface area (TPSA) is 34.9 Å². The van der Waals surface area contributed by atoms with Crippen LogP contribution >= 0.6 is 23.2 Å². The zero-order chi connectivity index (χ0) is 16.8. The second-order valence-corrected chi connectivity index (χ2v) is 6.28. The number of benzene rings is 1. The zero-order valence-electron chi connectivity index (χ0n) is 11.7. The van der Waals surface area contributed by atoms with Crippen LogP contribution in [0.3, 0.4) is 0 Å². The number of nitrogens with zero attached hydrogens (tertiary/aromatic N) is 2. The highest BCUT2D eigenvalue weighted by molar-refractivity contribution is 6.42. The van der Waals surface area contributed by atoms with Crippen LogP contribution in [0.1, 0.15) is 35.6 Å². The van der Waals surface area contributed by atoms with Crippen molar-refractivity contribution in [3.8, 4) is 0 Å². The number of aromatic nitrogens is 2. The molecular weight excluding hydrogens is 352 g/mol. The summed E-state index contributed by atoms with van der Waals surface area (Å²) in [5, 5.41) is 4.69. The highest BCUT2D eigenvalue weighted by Crippen LogP contribution is 2.40. The molecule has 1 aromatic heterocycles. The Morgan fingerprint density at radius 2 is 1.87 bits per heavy atom. The van der Waals surface area contributed by atoms with Gasteiger partial charge in [0.25, 0.3) is 5.56 Å². The van der Waals surface area contributed by atoms with E-state index in [1.165, 1.54) is 12.1 Å². The first-order chi connectivity index (χ1) is 10.8. The van der Waals surface area contributed by atoms with Gasteiger partial charge in [0, 0.05) is 5.92 Å². The van der Waals surface area contributed by atoms with Gasteiger partial charge >= 0.3 is 6.18 Å². The van der Waals surface area contributed by atoms with Gasteiger partial charge in [-0.1, -0.05) is 29.3 Å². The fraction of sp³-hybridized carbons (Fsp3) is 0.333. The Bertz CT molecular complexity index is 813. The third-order valence-electron chi connectivity index (χ3n) is 3.61. The molecule has 122 valence electrons. The molecule has 3 nitrogen and oxygen atoms in total. The lowest BCUT2D eigenvalue weighted by Gasteiger charge is -2.12. The lowest BCUT2D eigenvalue weighted by Crippen LogP contribution is -2.31.